The van der Waals surface area contributed by atoms with Crippen LogP contribution in [0, 0.1) is 6.92 Å². The third-order valence-electron chi connectivity index (χ3n) is 2.21. The second kappa shape index (κ2) is 5.50. The summed E-state index contributed by atoms with van der Waals surface area (Å²) in [6.07, 6.45) is 0. The molecule has 1 rings (SSSR count). The van der Waals surface area contributed by atoms with Gasteiger partial charge in [0.05, 0.1) is 11.4 Å². The van der Waals surface area contributed by atoms with E-state index in [0.29, 0.717) is 11.4 Å². The highest BCUT2D eigenvalue weighted by molar-refractivity contribution is 7.12. The Hall–Kier alpha value is -1.56. The Kier molecular flexibility index (Phi) is 4.30. The normalized spacial score (nSPS) is 11.5. The van der Waals surface area contributed by atoms with E-state index in [0.717, 1.165) is 5.56 Å². The fourth-order valence-corrected chi connectivity index (χ4v) is 2.18. The Labute approximate surface area is 98.2 Å². The second-order valence-electron chi connectivity index (χ2n) is 3.34. The molecule has 1 amide bonds. The Balaban J connectivity index is 2.82. The van der Waals surface area contributed by atoms with Crippen molar-refractivity contribution in [3.05, 3.63) is 21.9 Å². The van der Waals surface area contributed by atoms with Gasteiger partial charge in [-0.25, -0.2) is 0 Å². The van der Waals surface area contributed by atoms with E-state index in [9.17, 15) is 4.79 Å². The molecule has 0 saturated heterocycles. The fraction of sp³-hybridized carbons (Fsp3) is 0.400. The summed E-state index contributed by atoms with van der Waals surface area (Å²) in [5.74, 6) is -0.0500. The molecule has 16 heavy (non-hydrogen) atoms. The lowest BCUT2D eigenvalue weighted by Crippen LogP contribution is -2.38. The minimum Gasteiger partial charge on any atom is -0.409 e. The van der Waals surface area contributed by atoms with Gasteiger partial charge in [-0.15, -0.1) is 11.3 Å². The van der Waals surface area contributed by atoms with Gasteiger partial charge >= 0.3 is 0 Å². The van der Waals surface area contributed by atoms with Crippen LogP contribution in [0.25, 0.3) is 0 Å². The molecular weight excluding hydrogens is 226 g/mol. The molecule has 0 aliphatic heterocycles. The molecule has 0 fully saturated rings. The van der Waals surface area contributed by atoms with Crippen LogP contribution in [-0.4, -0.2) is 34.9 Å². The molecule has 0 atom stereocenters. The Bertz CT molecular complexity index is 401. The lowest BCUT2D eigenvalue weighted by atomic mass is 10.2. The van der Waals surface area contributed by atoms with E-state index in [1.165, 1.54) is 16.2 Å². The molecule has 0 bridgehead atoms. The summed E-state index contributed by atoms with van der Waals surface area (Å²) < 4.78 is 0. The largest absolute Gasteiger partial charge is 0.409 e. The van der Waals surface area contributed by atoms with Gasteiger partial charge in [0.25, 0.3) is 5.91 Å². The zero-order valence-corrected chi connectivity index (χ0v) is 10.1. The highest BCUT2D eigenvalue weighted by Crippen LogP contribution is 2.17. The molecule has 6 heteroatoms. The molecule has 0 aliphatic carbocycles. The van der Waals surface area contributed by atoms with Crippen molar-refractivity contribution in [1.29, 1.82) is 0 Å². The molecule has 5 nitrogen and oxygen atoms in total. The number of rotatable bonds is 4. The van der Waals surface area contributed by atoms with Gasteiger partial charge < -0.3 is 15.8 Å². The van der Waals surface area contributed by atoms with E-state index < -0.39 is 0 Å². The molecule has 1 aromatic heterocycles. The van der Waals surface area contributed by atoms with Gasteiger partial charge in [-0.2, -0.15) is 0 Å². The average Bonchev–Trinajstić information content (AvgIpc) is 2.71. The van der Waals surface area contributed by atoms with Crippen molar-refractivity contribution < 1.29 is 10.0 Å². The Morgan fingerprint density at radius 3 is 2.81 bits per heavy atom. The van der Waals surface area contributed by atoms with Gasteiger partial charge in [-0.1, -0.05) is 5.16 Å². The molecule has 0 radical (unpaired) electrons. The van der Waals surface area contributed by atoms with Gasteiger partial charge in [-0.05, 0) is 30.9 Å². The van der Waals surface area contributed by atoms with Gasteiger partial charge in [0.1, 0.15) is 0 Å². The van der Waals surface area contributed by atoms with Crippen molar-refractivity contribution in [1.82, 2.24) is 4.90 Å². The maximum absolute atomic E-state index is 12.1. The number of carbonyl (C=O) groups is 1. The first-order valence-corrected chi connectivity index (χ1v) is 5.77. The van der Waals surface area contributed by atoms with Crippen molar-refractivity contribution in [2.24, 2.45) is 10.9 Å². The minimum absolute atomic E-state index is 0.0319. The van der Waals surface area contributed by atoms with E-state index in [4.69, 9.17) is 10.9 Å². The molecule has 0 spiro atoms. The number of amides is 1. The first kappa shape index (κ1) is 12.5. The summed E-state index contributed by atoms with van der Waals surface area (Å²) in [6.45, 7) is 4.40. The number of aryl methyl sites for hydroxylation is 1. The number of thiophene rings is 1. The summed E-state index contributed by atoms with van der Waals surface area (Å²) >= 11 is 1.40. The van der Waals surface area contributed by atoms with E-state index in [2.05, 4.69) is 5.16 Å². The number of nitrogens with two attached hydrogens (primary N) is 1. The minimum atomic E-state index is -0.0819. The van der Waals surface area contributed by atoms with Gasteiger partial charge in [0.2, 0.25) is 0 Å². The number of carbonyl (C=O) groups excluding carboxylic acids is 1. The summed E-state index contributed by atoms with van der Waals surface area (Å²) in [4.78, 5) is 14.3. The van der Waals surface area contributed by atoms with Crippen LogP contribution in [0.2, 0.25) is 0 Å². The third-order valence-corrected chi connectivity index (χ3v) is 3.21. The molecule has 1 aromatic rings. The number of amidine groups is 1. The monoisotopic (exact) mass is 241 g/mol. The van der Waals surface area contributed by atoms with Crippen molar-refractivity contribution in [2.45, 2.75) is 13.8 Å². The van der Waals surface area contributed by atoms with Crippen molar-refractivity contribution in [2.75, 3.05) is 13.1 Å². The third kappa shape index (κ3) is 2.73. The molecule has 0 aliphatic rings. The number of hydrogen-bond acceptors (Lipinski definition) is 4. The predicted octanol–water partition coefficient (Wildman–Crippen LogP) is 1.27. The number of likely N-dealkylation sites (N-methyl/N-ethyl adjacent to an activating group) is 1. The fourth-order valence-electron chi connectivity index (χ4n) is 1.29. The van der Waals surface area contributed by atoms with Crippen LogP contribution < -0.4 is 5.73 Å². The van der Waals surface area contributed by atoms with Crippen molar-refractivity contribution >= 4 is 23.1 Å². The molecule has 0 saturated carbocycles. The van der Waals surface area contributed by atoms with Gasteiger partial charge in [0.15, 0.2) is 5.84 Å². The van der Waals surface area contributed by atoms with Crippen LogP contribution in [-0.2, 0) is 0 Å². The molecule has 0 unspecified atom stereocenters. The predicted molar refractivity (Wildman–Crippen MR) is 64.0 cm³/mol. The molecule has 3 N–H and O–H groups in total. The maximum atomic E-state index is 12.1. The molecule has 88 valence electrons. The van der Waals surface area contributed by atoms with Crippen LogP contribution in [0.15, 0.2) is 16.6 Å². The first-order chi connectivity index (χ1) is 7.60. The average molecular weight is 241 g/mol. The van der Waals surface area contributed by atoms with E-state index >= 15 is 0 Å². The van der Waals surface area contributed by atoms with Crippen LogP contribution in [0.4, 0.5) is 0 Å². The second-order valence-corrected chi connectivity index (χ2v) is 4.26. The lowest BCUT2D eigenvalue weighted by Gasteiger charge is -2.19. The molecular formula is C10H15N3O2S. The lowest BCUT2D eigenvalue weighted by molar-refractivity contribution is 0.0790. The topological polar surface area (TPSA) is 78.9 Å². The zero-order valence-electron chi connectivity index (χ0n) is 9.30. The Morgan fingerprint density at radius 2 is 2.38 bits per heavy atom. The van der Waals surface area contributed by atoms with Crippen molar-refractivity contribution in [3.63, 3.8) is 0 Å². The molecule has 1 heterocycles. The maximum Gasteiger partial charge on any atom is 0.264 e. The first-order valence-electron chi connectivity index (χ1n) is 4.89. The SMILES string of the molecule is CCN(CC(N)=NO)C(=O)c1sccc1C. The highest BCUT2D eigenvalue weighted by Gasteiger charge is 2.18. The quantitative estimate of drug-likeness (QED) is 0.360. The van der Waals surface area contributed by atoms with Gasteiger partial charge in [0, 0.05) is 6.54 Å². The summed E-state index contributed by atoms with van der Waals surface area (Å²) in [6, 6.07) is 1.90. The summed E-state index contributed by atoms with van der Waals surface area (Å²) in [5.41, 5.74) is 6.34. The number of nitrogens with zero attached hydrogens (tertiary/aromatic N) is 2. The van der Waals surface area contributed by atoms with Crippen LogP contribution in [0.5, 0.6) is 0 Å². The van der Waals surface area contributed by atoms with Crippen LogP contribution in [0.3, 0.4) is 0 Å². The van der Waals surface area contributed by atoms with Crippen LogP contribution >= 0.6 is 11.3 Å². The highest BCUT2D eigenvalue weighted by atomic mass is 32.1. The Morgan fingerprint density at radius 1 is 1.69 bits per heavy atom. The number of hydrogen-bond donors (Lipinski definition) is 2. The van der Waals surface area contributed by atoms with E-state index in [1.54, 1.807) is 0 Å². The summed E-state index contributed by atoms with van der Waals surface area (Å²) in [5, 5.41) is 13.2. The van der Waals surface area contributed by atoms with E-state index in [-0.39, 0.29) is 18.3 Å². The standard InChI is InChI=1S/C10H15N3O2S/c1-3-13(6-8(11)12-15)10(14)9-7(2)4-5-16-9/h4-5,15H,3,6H2,1-2H3,(H2,11,12). The zero-order chi connectivity index (χ0) is 12.1. The molecule has 0 aromatic carbocycles. The van der Waals surface area contributed by atoms with Crippen LogP contribution in [0.1, 0.15) is 22.2 Å². The summed E-state index contributed by atoms with van der Waals surface area (Å²) in [7, 11) is 0. The van der Waals surface area contributed by atoms with Gasteiger partial charge in [-0.3, -0.25) is 4.79 Å². The van der Waals surface area contributed by atoms with Crippen molar-refractivity contribution in [3.8, 4) is 0 Å². The van der Waals surface area contributed by atoms with E-state index in [1.807, 2.05) is 25.3 Å². The number of oxime groups is 1. The smallest absolute Gasteiger partial charge is 0.264 e.